The average Bonchev–Trinajstić information content (AvgIpc) is 2.79. The fourth-order valence-corrected chi connectivity index (χ4v) is 2.93. The van der Waals surface area contributed by atoms with Gasteiger partial charge in [-0.05, 0) is 30.9 Å². The number of carbonyl (C=O) groups excluding carboxylic acids is 1. The van der Waals surface area contributed by atoms with Crippen molar-refractivity contribution in [2.75, 3.05) is 13.6 Å². The predicted octanol–water partition coefficient (Wildman–Crippen LogP) is 3.65. The lowest BCUT2D eigenvalue weighted by Crippen LogP contribution is -2.31. The molecule has 0 radical (unpaired) electrons. The lowest BCUT2D eigenvalue weighted by atomic mass is 10.1. The van der Waals surface area contributed by atoms with Crippen LogP contribution in [0.2, 0.25) is 10.3 Å². The molecule has 1 aromatic heterocycles. The van der Waals surface area contributed by atoms with Gasteiger partial charge in [0.15, 0.2) is 0 Å². The maximum atomic E-state index is 12.2. The van der Waals surface area contributed by atoms with E-state index < -0.39 is 0 Å². The smallest absolute Gasteiger partial charge is 0.253 e. The van der Waals surface area contributed by atoms with Crippen molar-refractivity contribution < 1.29 is 4.79 Å². The molecule has 0 spiro atoms. The number of rotatable bonds is 3. The van der Waals surface area contributed by atoms with E-state index in [4.69, 9.17) is 23.2 Å². The summed E-state index contributed by atoms with van der Waals surface area (Å²) in [5.41, 5.74) is 0.500. The van der Waals surface area contributed by atoms with Crippen LogP contribution in [0.5, 0.6) is 0 Å². The zero-order valence-corrected chi connectivity index (χ0v) is 11.8. The van der Waals surface area contributed by atoms with Gasteiger partial charge in [-0.1, -0.05) is 36.0 Å². The van der Waals surface area contributed by atoms with Gasteiger partial charge in [0, 0.05) is 19.2 Å². The van der Waals surface area contributed by atoms with E-state index in [1.165, 1.54) is 25.7 Å². The van der Waals surface area contributed by atoms with E-state index in [0.29, 0.717) is 11.5 Å². The molecule has 1 aromatic rings. The molecule has 5 heteroatoms. The largest absolute Gasteiger partial charge is 0.341 e. The van der Waals surface area contributed by atoms with Gasteiger partial charge in [-0.3, -0.25) is 4.79 Å². The monoisotopic (exact) mass is 286 g/mol. The maximum Gasteiger partial charge on any atom is 0.253 e. The molecule has 98 valence electrons. The summed E-state index contributed by atoms with van der Waals surface area (Å²) in [5, 5.41) is 0.500. The molecule has 1 amide bonds. The summed E-state index contributed by atoms with van der Waals surface area (Å²) < 4.78 is 0. The average molecular weight is 287 g/mol. The summed E-state index contributed by atoms with van der Waals surface area (Å²) in [6, 6.07) is 3.11. The van der Waals surface area contributed by atoms with Crippen LogP contribution in [-0.4, -0.2) is 29.4 Å². The van der Waals surface area contributed by atoms with E-state index in [2.05, 4.69) is 4.98 Å². The number of hydrogen-bond acceptors (Lipinski definition) is 2. The van der Waals surface area contributed by atoms with Crippen molar-refractivity contribution in [3.63, 3.8) is 0 Å². The van der Waals surface area contributed by atoms with Crippen LogP contribution < -0.4 is 0 Å². The molecule has 2 rings (SSSR count). The Bertz CT molecular complexity index is 424. The molecule has 1 aliphatic carbocycles. The first-order valence-corrected chi connectivity index (χ1v) is 6.90. The Morgan fingerprint density at radius 2 is 1.89 bits per heavy atom. The van der Waals surface area contributed by atoms with Gasteiger partial charge in [0.25, 0.3) is 5.91 Å². The van der Waals surface area contributed by atoms with Crippen molar-refractivity contribution in [2.24, 2.45) is 5.92 Å². The van der Waals surface area contributed by atoms with Gasteiger partial charge in [0.05, 0.1) is 0 Å². The van der Waals surface area contributed by atoms with Gasteiger partial charge in [0.2, 0.25) is 0 Å². The number of amides is 1. The first kappa shape index (κ1) is 13.6. The Labute approximate surface area is 117 Å². The molecule has 0 aromatic carbocycles. The van der Waals surface area contributed by atoms with E-state index in [1.54, 1.807) is 17.0 Å². The Morgan fingerprint density at radius 1 is 1.33 bits per heavy atom. The van der Waals surface area contributed by atoms with Crippen molar-refractivity contribution in [2.45, 2.75) is 25.7 Å². The molecule has 18 heavy (non-hydrogen) atoms. The number of nitrogens with zero attached hydrogens (tertiary/aromatic N) is 2. The molecule has 0 atom stereocenters. The van der Waals surface area contributed by atoms with Crippen LogP contribution in [0.1, 0.15) is 36.0 Å². The number of hydrogen-bond donors (Lipinski definition) is 0. The molecule has 0 aliphatic heterocycles. The Balaban J connectivity index is 2.04. The minimum absolute atomic E-state index is 0.0481. The molecular weight excluding hydrogens is 271 g/mol. The fraction of sp³-hybridized carbons (Fsp3) is 0.538. The maximum absolute atomic E-state index is 12.2. The van der Waals surface area contributed by atoms with Crippen LogP contribution in [0.15, 0.2) is 12.1 Å². The highest BCUT2D eigenvalue weighted by molar-refractivity contribution is 6.33. The number of aromatic nitrogens is 1. The number of carbonyl (C=O) groups is 1. The van der Waals surface area contributed by atoms with Crippen LogP contribution in [0, 0.1) is 5.92 Å². The summed E-state index contributed by atoms with van der Waals surface area (Å²) in [4.78, 5) is 17.8. The van der Waals surface area contributed by atoms with Crippen LogP contribution >= 0.6 is 23.2 Å². The normalized spacial score (nSPS) is 15.9. The van der Waals surface area contributed by atoms with Crippen molar-refractivity contribution >= 4 is 29.1 Å². The molecule has 0 unspecified atom stereocenters. The Morgan fingerprint density at radius 3 is 2.44 bits per heavy atom. The van der Waals surface area contributed by atoms with E-state index in [-0.39, 0.29) is 16.2 Å². The van der Waals surface area contributed by atoms with Gasteiger partial charge < -0.3 is 4.90 Å². The summed E-state index contributed by atoms with van der Waals surface area (Å²) in [7, 11) is 1.82. The Hall–Kier alpha value is -0.800. The molecule has 0 saturated heterocycles. The van der Waals surface area contributed by atoms with Crippen molar-refractivity contribution in [1.29, 1.82) is 0 Å². The third-order valence-corrected chi connectivity index (χ3v) is 3.75. The van der Waals surface area contributed by atoms with Crippen LogP contribution in [-0.2, 0) is 0 Å². The number of halogens is 2. The molecule has 1 heterocycles. The highest BCUT2D eigenvalue weighted by Crippen LogP contribution is 2.25. The van der Waals surface area contributed by atoms with Crippen LogP contribution in [0.25, 0.3) is 0 Å². The quantitative estimate of drug-likeness (QED) is 0.795. The van der Waals surface area contributed by atoms with Gasteiger partial charge in [0.1, 0.15) is 10.3 Å². The summed E-state index contributed by atoms with van der Waals surface area (Å²) >= 11 is 11.6. The standard InChI is InChI=1S/C13H16Cl2N2O/c1-17(8-9-4-2-3-5-9)13(18)10-6-11(14)16-12(15)7-10/h6-7,9H,2-5,8H2,1H3. The highest BCUT2D eigenvalue weighted by atomic mass is 35.5. The highest BCUT2D eigenvalue weighted by Gasteiger charge is 2.20. The van der Waals surface area contributed by atoms with Gasteiger partial charge in [-0.2, -0.15) is 0 Å². The minimum atomic E-state index is -0.0481. The van der Waals surface area contributed by atoms with E-state index >= 15 is 0 Å². The summed E-state index contributed by atoms with van der Waals surface area (Å²) in [6.07, 6.45) is 4.99. The Kier molecular flexibility index (Phi) is 4.46. The first-order valence-electron chi connectivity index (χ1n) is 6.15. The van der Waals surface area contributed by atoms with Gasteiger partial charge in [-0.25, -0.2) is 4.98 Å². The molecule has 3 nitrogen and oxygen atoms in total. The summed E-state index contributed by atoms with van der Waals surface area (Å²) in [5.74, 6) is 0.583. The second-order valence-corrected chi connectivity index (χ2v) is 5.61. The lowest BCUT2D eigenvalue weighted by molar-refractivity contribution is 0.0773. The van der Waals surface area contributed by atoms with Crippen LogP contribution in [0.4, 0.5) is 0 Å². The SMILES string of the molecule is CN(CC1CCCC1)C(=O)c1cc(Cl)nc(Cl)c1. The zero-order chi connectivity index (χ0) is 13.1. The van der Waals surface area contributed by atoms with Crippen molar-refractivity contribution in [3.8, 4) is 0 Å². The molecule has 1 aliphatic rings. The molecule has 1 saturated carbocycles. The molecule has 1 fully saturated rings. The van der Waals surface area contributed by atoms with Crippen molar-refractivity contribution in [3.05, 3.63) is 28.0 Å². The van der Waals surface area contributed by atoms with Crippen LogP contribution in [0.3, 0.4) is 0 Å². The van der Waals surface area contributed by atoms with Gasteiger partial charge in [-0.15, -0.1) is 0 Å². The third kappa shape index (κ3) is 3.36. The topological polar surface area (TPSA) is 33.2 Å². The lowest BCUT2D eigenvalue weighted by Gasteiger charge is -2.21. The molecule has 0 bridgehead atoms. The molecule has 0 N–H and O–H groups in total. The second kappa shape index (κ2) is 5.89. The fourth-order valence-electron chi connectivity index (χ4n) is 2.47. The zero-order valence-electron chi connectivity index (χ0n) is 10.3. The third-order valence-electron chi connectivity index (χ3n) is 3.36. The first-order chi connectivity index (χ1) is 8.56. The van der Waals surface area contributed by atoms with E-state index in [0.717, 1.165) is 6.54 Å². The number of pyridine rings is 1. The minimum Gasteiger partial charge on any atom is -0.341 e. The predicted molar refractivity (Wildman–Crippen MR) is 73.2 cm³/mol. The molecular formula is C13H16Cl2N2O. The van der Waals surface area contributed by atoms with E-state index in [1.807, 2.05) is 7.05 Å². The summed E-state index contributed by atoms with van der Waals surface area (Å²) in [6.45, 7) is 0.802. The van der Waals surface area contributed by atoms with Crippen molar-refractivity contribution in [1.82, 2.24) is 9.88 Å². The van der Waals surface area contributed by atoms with Gasteiger partial charge >= 0.3 is 0 Å². The van der Waals surface area contributed by atoms with E-state index in [9.17, 15) is 4.79 Å². The second-order valence-electron chi connectivity index (χ2n) is 4.84.